The summed E-state index contributed by atoms with van der Waals surface area (Å²) in [6.45, 7) is 0. The standard InChI is InChI=1S/C19H24N2O3/c1-21(2)16-9-8-13(10-15(16)20)6-7-14-11-17(22-3)19(24-5)18(12-14)23-4/h6-12H,20H2,1-5H3/b7-6+. The van der Waals surface area contributed by atoms with E-state index in [1.54, 1.807) is 21.3 Å². The van der Waals surface area contributed by atoms with Gasteiger partial charge in [0, 0.05) is 14.1 Å². The average Bonchev–Trinajstić information content (AvgIpc) is 2.58. The Hall–Kier alpha value is -2.82. The van der Waals surface area contributed by atoms with E-state index < -0.39 is 0 Å². The van der Waals surface area contributed by atoms with Crippen LogP contribution in [0, 0.1) is 0 Å². The molecule has 0 amide bonds. The number of ether oxygens (including phenoxy) is 3. The molecule has 5 nitrogen and oxygen atoms in total. The maximum absolute atomic E-state index is 6.09. The van der Waals surface area contributed by atoms with Crippen molar-refractivity contribution in [2.75, 3.05) is 46.1 Å². The third-order valence-corrected chi connectivity index (χ3v) is 3.69. The summed E-state index contributed by atoms with van der Waals surface area (Å²) in [7, 11) is 8.73. The quantitative estimate of drug-likeness (QED) is 0.649. The summed E-state index contributed by atoms with van der Waals surface area (Å²) in [4.78, 5) is 1.99. The van der Waals surface area contributed by atoms with Crippen LogP contribution in [0.1, 0.15) is 11.1 Å². The molecule has 0 aliphatic carbocycles. The van der Waals surface area contributed by atoms with Crippen LogP contribution in [-0.2, 0) is 0 Å². The molecule has 0 radical (unpaired) electrons. The predicted octanol–water partition coefficient (Wildman–Crippen LogP) is 3.53. The molecule has 2 aromatic rings. The summed E-state index contributed by atoms with van der Waals surface area (Å²) in [5.74, 6) is 1.83. The largest absolute Gasteiger partial charge is 0.493 e. The van der Waals surface area contributed by atoms with Gasteiger partial charge in [0.2, 0.25) is 5.75 Å². The SMILES string of the molecule is COc1cc(/C=C/c2ccc(N(C)C)c(N)c2)cc(OC)c1OC. The van der Waals surface area contributed by atoms with Gasteiger partial charge < -0.3 is 24.8 Å². The highest BCUT2D eigenvalue weighted by atomic mass is 16.5. The number of hydrogen-bond donors (Lipinski definition) is 1. The molecule has 2 aromatic carbocycles. The maximum atomic E-state index is 6.09. The van der Waals surface area contributed by atoms with E-state index in [-0.39, 0.29) is 0 Å². The van der Waals surface area contributed by atoms with Crippen molar-refractivity contribution in [3.8, 4) is 17.2 Å². The van der Waals surface area contributed by atoms with Gasteiger partial charge in [0.15, 0.2) is 11.5 Å². The summed E-state index contributed by atoms with van der Waals surface area (Å²) in [5, 5.41) is 0. The Labute approximate surface area is 143 Å². The second kappa shape index (κ2) is 7.64. The molecule has 0 fully saturated rings. The number of hydrogen-bond acceptors (Lipinski definition) is 5. The van der Waals surface area contributed by atoms with Crippen LogP contribution in [0.15, 0.2) is 30.3 Å². The minimum Gasteiger partial charge on any atom is -0.493 e. The van der Waals surface area contributed by atoms with E-state index in [0.717, 1.165) is 22.5 Å². The summed E-state index contributed by atoms with van der Waals surface area (Å²) < 4.78 is 16.1. The highest BCUT2D eigenvalue weighted by Gasteiger charge is 2.12. The second-order valence-electron chi connectivity index (χ2n) is 5.50. The van der Waals surface area contributed by atoms with E-state index >= 15 is 0 Å². The molecule has 24 heavy (non-hydrogen) atoms. The molecule has 0 spiro atoms. The molecule has 0 saturated heterocycles. The monoisotopic (exact) mass is 328 g/mol. The zero-order valence-corrected chi connectivity index (χ0v) is 14.8. The summed E-state index contributed by atoms with van der Waals surface area (Å²) in [5.41, 5.74) is 9.80. The number of methoxy groups -OCH3 is 3. The molecule has 0 atom stereocenters. The zero-order chi connectivity index (χ0) is 17.7. The molecule has 0 bridgehead atoms. The lowest BCUT2D eigenvalue weighted by Crippen LogP contribution is -2.10. The Morgan fingerprint density at radius 3 is 1.88 bits per heavy atom. The molecule has 2 rings (SSSR count). The Kier molecular flexibility index (Phi) is 5.58. The van der Waals surface area contributed by atoms with Gasteiger partial charge >= 0.3 is 0 Å². The van der Waals surface area contributed by atoms with Gasteiger partial charge in [-0.15, -0.1) is 0 Å². The van der Waals surface area contributed by atoms with Crippen molar-refractivity contribution in [1.82, 2.24) is 0 Å². The van der Waals surface area contributed by atoms with Crippen molar-refractivity contribution in [2.45, 2.75) is 0 Å². The van der Waals surface area contributed by atoms with E-state index in [1.807, 2.05) is 61.5 Å². The number of nitrogen functional groups attached to an aromatic ring is 1. The normalized spacial score (nSPS) is 10.7. The van der Waals surface area contributed by atoms with Crippen LogP contribution in [0.2, 0.25) is 0 Å². The highest BCUT2D eigenvalue weighted by Crippen LogP contribution is 2.38. The lowest BCUT2D eigenvalue weighted by Gasteiger charge is -2.15. The van der Waals surface area contributed by atoms with E-state index in [1.165, 1.54) is 0 Å². The first kappa shape index (κ1) is 17.5. The second-order valence-corrected chi connectivity index (χ2v) is 5.50. The van der Waals surface area contributed by atoms with Crippen LogP contribution in [0.5, 0.6) is 17.2 Å². The molecule has 0 heterocycles. The van der Waals surface area contributed by atoms with Crippen LogP contribution < -0.4 is 24.8 Å². The fourth-order valence-electron chi connectivity index (χ4n) is 2.47. The highest BCUT2D eigenvalue weighted by molar-refractivity contribution is 5.77. The van der Waals surface area contributed by atoms with Gasteiger partial charge in [0.1, 0.15) is 0 Å². The van der Waals surface area contributed by atoms with Crippen molar-refractivity contribution in [2.24, 2.45) is 0 Å². The Morgan fingerprint density at radius 2 is 1.42 bits per heavy atom. The van der Waals surface area contributed by atoms with E-state index in [9.17, 15) is 0 Å². The Morgan fingerprint density at radius 1 is 0.833 bits per heavy atom. The summed E-state index contributed by atoms with van der Waals surface area (Å²) >= 11 is 0. The van der Waals surface area contributed by atoms with Crippen LogP contribution >= 0.6 is 0 Å². The van der Waals surface area contributed by atoms with Gasteiger partial charge in [-0.1, -0.05) is 18.2 Å². The van der Waals surface area contributed by atoms with Gasteiger partial charge in [-0.2, -0.15) is 0 Å². The lowest BCUT2D eigenvalue weighted by atomic mass is 10.1. The number of anilines is 2. The predicted molar refractivity (Wildman–Crippen MR) is 100 cm³/mol. The fourth-order valence-corrected chi connectivity index (χ4v) is 2.47. The van der Waals surface area contributed by atoms with Crippen molar-refractivity contribution in [3.63, 3.8) is 0 Å². The third kappa shape index (κ3) is 3.74. The first-order chi connectivity index (χ1) is 11.5. The van der Waals surface area contributed by atoms with Crippen molar-refractivity contribution in [1.29, 1.82) is 0 Å². The molecule has 0 aromatic heterocycles. The molecule has 0 unspecified atom stereocenters. The first-order valence-electron chi connectivity index (χ1n) is 7.55. The number of rotatable bonds is 6. The number of nitrogens with two attached hydrogens (primary N) is 1. The average molecular weight is 328 g/mol. The van der Waals surface area contributed by atoms with Gasteiger partial charge in [-0.25, -0.2) is 0 Å². The van der Waals surface area contributed by atoms with Crippen LogP contribution in [-0.4, -0.2) is 35.4 Å². The van der Waals surface area contributed by atoms with E-state index in [0.29, 0.717) is 17.2 Å². The van der Waals surface area contributed by atoms with E-state index in [2.05, 4.69) is 0 Å². The minimum absolute atomic E-state index is 0.580. The molecule has 5 heteroatoms. The fraction of sp³-hybridized carbons (Fsp3) is 0.263. The Bertz CT molecular complexity index is 714. The van der Waals surface area contributed by atoms with Gasteiger partial charge in [0.05, 0.1) is 32.7 Å². The van der Waals surface area contributed by atoms with Crippen molar-refractivity contribution >= 4 is 23.5 Å². The summed E-state index contributed by atoms with van der Waals surface area (Å²) in [6.07, 6.45) is 3.98. The maximum Gasteiger partial charge on any atom is 0.203 e. The van der Waals surface area contributed by atoms with Gasteiger partial charge in [-0.05, 0) is 35.4 Å². The molecule has 0 aliphatic rings. The van der Waals surface area contributed by atoms with Crippen LogP contribution in [0.4, 0.5) is 11.4 Å². The molecule has 0 saturated carbocycles. The molecule has 0 aliphatic heterocycles. The molecular formula is C19H24N2O3. The van der Waals surface area contributed by atoms with Crippen LogP contribution in [0.3, 0.4) is 0 Å². The van der Waals surface area contributed by atoms with Crippen LogP contribution in [0.25, 0.3) is 12.2 Å². The molecule has 2 N–H and O–H groups in total. The van der Waals surface area contributed by atoms with E-state index in [4.69, 9.17) is 19.9 Å². The smallest absolute Gasteiger partial charge is 0.203 e. The number of benzene rings is 2. The van der Waals surface area contributed by atoms with Crippen molar-refractivity contribution < 1.29 is 14.2 Å². The summed E-state index contributed by atoms with van der Waals surface area (Å²) in [6, 6.07) is 9.78. The molecule has 128 valence electrons. The Balaban J connectivity index is 2.33. The topological polar surface area (TPSA) is 57.0 Å². The third-order valence-electron chi connectivity index (χ3n) is 3.69. The lowest BCUT2D eigenvalue weighted by molar-refractivity contribution is 0.324. The van der Waals surface area contributed by atoms with Gasteiger partial charge in [-0.3, -0.25) is 0 Å². The molecular weight excluding hydrogens is 304 g/mol. The minimum atomic E-state index is 0.580. The zero-order valence-electron chi connectivity index (χ0n) is 14.8. The number of nitrogens with zero attached hydrogens (tertiary/aromatic N) is 1. The van der Waals surface area contributed by atoms with Crippen molar-refractivity contribution in [3.05, 3.63) is 41.5 Å². The first-order valence-corrected chi connectivity index (χ1v) is 7.55. The van der Waals surface area contributed by atoms with Gasteiger partial charge in [0.25, 0.3) is 0 Å².